The van der Waals surface area contributed by atoms with Crippen LogP contribution in [0, 0.1) is 20.8 Å². The van der Waals surface area contributed by atoms with E-state index < -0.39 is 6.10 Å². The maximum Gasteiger partial charge on any atom is 0.265 e. The smallest absolute Gasteiger partial charge is 0.265 e. The Morgan fingerprint density at radius 1 is 1.12 bits per heavy atom. The first-order chi connectivity index (χ1) is 11.3. The Labute approximate surface area is 147 Å². The van der Waals surface area contributed by atoms with Gasteiger partial charge in [-0.05, 0) is 68.7 Å². The van der Waals surface area contributed by atoms with Gasteiger partial charge in [0.1, 0.15) is 11.5 Å². The standard InChI is InChI=1S/C19H22ClNO3/c1-11-6-7-17(23-5)16(8-11)21-19(22)14(4)24-15-9-12(2)18(20)13(3)10-15/h6-10,14H,1-5H3,(H,21,22). The predicted molar refractivity (Wildman–Crippen MR) is 97.4 cm³/mol. The average molecular weight is 348 g/mol. The lowest BCUT2D eigenvalue weighted by atomic mass is 10.1. The summed E-state index contributed by atoms with van der Waals surface area (Å²) >= 11 is 6.16. The van der Waals surface area contributed by atoms with Crippen LogP contribution in [0.15, 0.2) is 30.3 Å². The zero-order chi connectivity index (χ0) is 17.9. The first-order valence-corrected chi connectivity index (χ1v) is 8.08. The van der Waals surface area contributed by atoms with Crippen molar-refractivity contribution in [1.29, 1.82) is 0 Å². The molecule has 128 valence electrons. The van der Waals surface area contributed by atoms with E-state index in [0.29, 0.717) is 22.2 Å². The van der Waals surface area contributed by atoms with Crippen molar-refractivity contribution in [1.82, 2.24) is 0 Å². The summed E-state index contributed by atoms with van der Waals surface area (Å²) < 4.78 is 11.0. The fourth-order valence-electron chi connectivity index (χ4n) is 2.39. The fraction of sp³-hybridized carbons (Fsp3) is 0.316. The monoisotopic (exact) mass is 347 g/mol. The van der Waals surface area contributed by atoms with Crippen LogP contribution in [0.1, 0.15) is 23.6 Å². The number of hydrogen-bond acceptors (Lipinski definition) is 3. The molecule has 0 heterocycles. The molecule has 0 fully saturated rings. The molecule has 2 aromatic rings. The van der Waals surface area contributed by atoms with Gasteiger partial charge in [0, 0.05) is 5.02 Å². The van der Waals surface area contributed by atoms with Crippen LogP contribution in [0.5, 0.6) is 11.5 Å². The van der Waals surface area contributed by atoms with E-state index in [4.69, 9.17) is 21.1 Å². The molecule has 4 nitrogen and oxygen atoms in total. The second-order valence-corrected chi connectivity index (χ2v) is 6.20. The van der Waals surface area contributed by atoms with E-state index >= 15 is 0 Å². The summed E-state index contributed by atoms with van der Waals surface area (Å²) in [5.74, 6) is 0.983. The molecule has 0 aromatic heterocycles. The van der Waals surface area contributed by atoms with Gasteiger partial charge in [-0.15, -0.1) is 0 Å². The van der Waals surface area contributed by atoms with Crippen LogP contribution in [0.4, 0.5) is 5.69 Å². The van der Waals surface area contributed by atoms with E-state index in [-0.39, 0.29) is 5.91 Å². The Morgan fingerprint density at radius 2 is 1.75 bits per heavy atom. The molecule has 1 unspecified atom stereocenters. The highest BCUT2D eigenvalue weighted by molar-refractivity contribution is 6.32. The third-order valence-corrected chi connectivity index (χ3v) is 4.30. The van der Waals surface area contributed by atoms with Crippen molar-refractivity contribution in [3.63, 3.8) is 0 Å². The Kier molecular flexibility index (Phi) is 5.73. The number of carbonyl (C=O) groups excluding carboxylic acids is 1. The summed E-state index contributed by atoms with van der Waals surface area (Å²) in [6.07, 6.45) is -0.657. The zero-order valence-corrected chi connectivity index (χ0v) is 15.3. The normalized spacial score (nSPS) is 11.8. The van der Waals surface area contributed by atoms with Crippen molar-refractivity contribution in [2.24, 2.45) is 0 Å². The van der Waals surface area contributed by atoms with Gasteiger partial charge >= 0.3 is 0 Å². The lowest BCUT2D eigenvalue weighted by Gasteiger charge is -2.17. The van der Waals surface area contributed by atoms with Gasteiger partial charge in [-0.1, -0.05) is 17.7 Å². The molecule has 0 aliphatic carbocycles. The van der Waals surface area contributed by atoms with Crippen LogP contribution in [0.2, 0.25) is 5.02 Å². The summed E-state index contributed by atoms with van der Waals surface area (Å²) in [4.78, 5) is 12.4. The fourth-order valence-corrected chi connectivity index (χ4v) is 2.49. The first kappa shape index (κ1) is 18.1. The number of halogens is 1. The molecule has 24 heavy (non-hydrogen) atoms. The molecule has 2 rings (SSSR count). The molecule has 0 bridgehead atoms. The second-order valence-electron chi connectivity index (χ2n) is 5.82. The van der Waals surface area contributed by atoms with E-state index in [0.717, 1.165) is 16.7 Å². The number of methoxy groups -OCH3 is 1. The Bertz CT molecular complexity index is 735. The number of ether oxygens (including phenoxy) is 2. The average Bonchev–Trinajstić information content (AvgIpc) is 2.52. The number of rotatable bonds is 5. The number of anilines is 1. The maximum atomic E-state index is 12.4. The van der Waals surface area contributed by atoms with Crippen LogP contribution < -0.4 is 14.8 Å². The van der Waals surface area contributed by atoms with E-state index in [2.05, 4.69) is 5.32 Å². The lowest BCUT2D eigenvalue weighted by molar-refractivity contribution is -0.122. The van der Waals surface area contributed by atoms with Crippen molar-refractivity contribution in [2.45, 2.75) is 33.8 Å². The minimum Gasteiger partial charge on any atom is -0.495 e. The Morgan fingerprint density at radius 3 is 2.33 bits per heavy atom. The van der Waals surface area contributed by atoms with Gasteiger partial charge in [-0.2, -0.15) is 0 Å². The van der Waals surface area contributed by atoms with Crippen molar-refractivity contribution in [3.8, 4) is 11.5 Å². The summed E-state index contributed by atoms with van der Waals surface area (Å²) in [5, 5.41) is 3.56. The quantitative estimate of drug-likeness (QED) is 0.854. The molecule has 0 saturated heterocycles. The third kappa shape index (κ3) is 4.20. The number of benzene rings is 2. The number of carbonyl (C=O) groups is 1. The molecule has 1 atom stereocenters. The van der Waals surface area contributed by atoms with E-state index in [1.807, 2.05) is 51.1 Å². The Hall–Kier alpha value is -2.20. The summed E-state index contributed by atoms with van der Waals surface area (Å²) in [5.41, 5.74) is 3.49. The van der Waals surface area contributed by atoms with Crippen molar-refractivity contribution >= 4 is 23.2 Å². The van der Waals surface area contributed by atoms with Crippen molar-refractivity contribution < 1.29 is 14.3 Å². The lowest BCUT2D eigenvalue weighted by Crippen LogP contribution is -2.30. The minimum atomic E-state index is -0.657. The number of aryl methyl sites for hydroxylation is 3. The molecular formula is C19H22ClNO3. The van der Waals surface area contributed by atoms with E-state index in [1.165, 1.54) is 0 Å². The van der Waals surface area contributed by atoms with Crippen LogP contribution in [0.25, 0.3) is 0 Å². The molecule has 0 saturated carbocycles. The van der Waals surface area contributed by atoms with Crippen LogP contribution in [-0.2, 0) is 4.79 Å². The molecule has 0 aliphatic rings. The highest BCUT2D eigenvalue weighted by Gasteiger charge is 2.17. The summed E-state index contributed by atoms with van der Waals surface area (Å²) in [6.45, 7) is 7.47. The molecule has 5 heteroatoms. The summed E-state index contributed by atoms with van der Waals surface area (Å²) in [7, 11) is 1.57. The Balaban J connectivity index is 2.12. The van der Waals surface area contributed by atoms with Gasteiger partial charge in [0.25, 0.3) is 5.91 Å². The minimum absolute atomic E-state index is 0.246. The first-order valence-electron chi connectivity index (χ1n) is 7.70. The second kappa shape index (κ2) is 7.58. The molecule has 0 aliphatic heterocycles. The van der Waals surface area contributed by atoms with Crippen LogP contribution in [0.3, 0.4) is 0 Å². The van der Waals surface area contributed by atoms with Crippen molar-refractivity contribution in [2.75, 3.05) is 12.4 Å². The van der Waals surface area contributed by atoms with Gasteiger partial charge in [0.2, 0.25) is 0 Å². The topological polar surface area (TPSA) is 47.6 Å². The number of amides is 1. The van der Waals surface area contributed by atoms with Gasteiger partial charge in [0.05, 0.1) is 12.8 Å². The molecule has 2 aromatic carbocycles. The molecule has 0 radical (unpaired) electrons. The largest absolute Gasteiger partial charge is 0.495 e. The van der Waals surface area contributed by atoms with Crippen molar-refractivity contribution in [3.05, 3.63) is 52.0 Å². The van der Waals surface area contributed by atoms with Crippen LogP contribution >= 0.6 is 11.6 Å². The molecule has 0 spiro atoms. The highest BCUT2D eigenvalue weighted by atomic mass is 35.5. The third-order valence-electron chi connectivity index (χ3n) is 3.70. The van der Waals surface area contributed by atoms with Gasteiger partial charge in [-0.25, -0.2) is 0 Å². The summed E-state index contributed by atoms with van der Waals surface area (Å²) in [6, 6.07) is 9.26. The van der Waals surface area contributed by atoms with Gasteiger partial charge < -0.3 is 14.8 Å². The molecule has 1 amide bonds. The highest BCUT2D eigenvalue weighted by Crippen LogP contribution is 2.28. The van der Waals surface area contributed by atoms with E-state index in [1.54, 1.807) is 14.0 Å². The van der Waals surface area contributed by atoms with Gasteiger partial charge in [0.15, 0.2) is 6.10 Å². The predicted octanol–water partition coefficient (Wildman–Crippen LogP) is 4.68. The van der Waals surface area contributed by atoms with E-state index in [9.17, 15) is 4.79 Å². The zero-order valence-electron chi connectivity index (χ0n) is 14.6. The SMILES string of the molecule is COc1ccc(C)cc1NC(=O)C(C)Oc1cc(C)c(Cl)c(C)c1. The van der Waals surface area contributed by atoms with Gasteiger partial charge in [-0.3, -0.25) is 4.79 Å². The molecule has 1 N–H and O–H groups in total. The maximum absolute atomic E-state index is 12.4. The number of nitrogens with one attached hydrogen (secondary N) is 1. The number of hydrogen-bond donors (Lipinski definition) is 1. The molecular weight excluding hydrogens is 326 g/mol. The van der Waals surface area contributed by atoms with Crippen LogP contribution in [-0.4, -0.2) is 19.1 Å².